The Morgan fingerprint density at radius 3 is 2.76 bits per heavy atom. The molecule has 1 aliphatic rings. The van der Waals surface area contributed by atoms with Crippen LogP contribution in [0.1, 0.15) is 25.6 Å². The molecule has 0 saturated heterocycles. The normalized spacial score (nSPS) is 16.8. The molecule has 2 heterocycles. The zero-order valence-corrected chi connectivity index (χ0v) is 14.5. The maximum Gasteiger partial charge on any atom is 0.318 e. The molecular formula is C19H23N3O3. The van der Waals surface area contributed by atoms with Crippen molar-refractivity contribution >= 4 is 6.03 Å². The Morgan fingerprint density at radius 2 is 2.04 bits per heavy atom. The van der Waals surface area contributed by atoms with Crippen LogP contribution in [0.4, 0.5) is 4.79 Å². The molecule has 3 rings (SSSR count). The van der Waals surface area contributed by atoms with E-state index in [2.05, 4.69) is 10.3 Å². The minimum absolute atomic E-state index is 0.136. The van der Waals surface area contributed by atoms with Gasteiger partial charge in [-0.3, -0.25) is 4.98 Å². The van der Waals surface area contributed by atoms with Gasteiger partial charge in [-0.05, 0) is 38.1 Å². The largest absolute Gasteiger partial charge is 0.486 e. The van der Waals surface area contributed by atoms with Crippen LogP contribution in [0.5, 0.6) is 11.5 Å². The molecule has 1 aliphatic heterocycles. The summed E-state index contributed by atoms with van der Waals surface area (Å²) < 4.78 is 11.7. The number of aromatic nitrogens is 1. The van der Waals surface area contributed by atoms with Gasteiger partial charge >= 0.3 is 6.03 Å². The third kappa shape index (κ3) is 4.21. The molecule has 1 aromatic carbocycles. The second-order valence-corrected chi connectivity index (χ2v) is 5.96. The highest BCUT2D eigenvalue weighted by Gasteiger charge is 2.25. The maximum atomic E-state index is 12.6. The van der Waals surface area contributed by atoms with Gasteiger partial charge in [-0.15, -0.1) is 0 Å². The number of carbonyl (C=O) groups excluding carboxylic acids is 1. The molecular weight excluding hydrogens is 318 g/mol. The average molecular weight is 341 g/mol. The number of benzene rings is 1. The first kappa shape index (κ1) is 17.1. The molecule has 0 aliphatic carbocycles. The zero-order valence-electron chi connectivity index (χ0n) is 14.5. The molecule has 0 bridgehead atoms. The first-order chi connectivity index (χ1) is 12.2. The fraction of sp³-hybridized carbons (Fsp3) is 0.368. The minimum Gasteiger partial charge on any atom is -0.486 e. The Labute approximate surface area is 147 Å². The zero-order chi connectivity index (χ0) is 17.6. The Kier molecular flexibility index (Phi) is 5.38. The lowest BCUT2D eigenvalue weighted by Gasteiger charge is -2.31. The highest BCUT2D eigenvalue weighted by atomic mass is 16.6. The van der Waals surface area contributed by atoms with Crippen molar-refractivity contribution < 1.29 is 14.3 Å². The van der Waals surface area contributed by atoms with Crippen molar-refractivity contribution in [2.45, 2.75) is 26.0 Å². The van der Waals surface area contributed by atoms with Crippen molar-refractivity contribution in [2.24, 2.45) is 0 Å². The SMILES string of the molecule is CCN(C[C@@H]1COc2ccccc2O1)C(=O)N[C@H](C)c1ccccn1. The number of hydrogen-bond acceptors (Lipinski definition) is 4. The predicted octanol–water partition coefficient (Wildman–Crippen LogP) is 3.01. The van der Waals surface area contributed by atoms with E-state index >= 15 is 0 Å². The lowest BCUT2D eigenvalue weighted by Crippen LogP contribution is -2.47. The number of fused-ring (bicyclic) bond motifs is 1. The summed E-state index contributed by atoms with van der Waals surface area (Å²) in [7, 11) is 0. The lowest BCUT2D eigenvalue weighted by atomic mass is 10.2. The standard InChI is InChI=1S/C19H23N3O3/c1-3-22(19(23)21-14(2)16-8-6-7-11-20-16)12-15-13-24-17-9-4-5-10-18(17)25-15/h4-11,14-15H,3,12-13H2,1-2H3,(H,21,23)/t14-,15-/m1/s1. The van der Waals surface area contributed by atoms with E-state index in [1.165, 1.54) is 0 Å². The van der Waals surface area contributed by atoms with Gasteiger partial charge in [0.05, 0.1) is 18.3 Å². The Hall–Kier alpha value is -2.76. The molecule has 25 heavy (non-hydrogen) atoms. The topological polar surface area (TPSA) is 63.7 Å². The molecule has 2 aromatic rings. The van der Waals surface area contributed by atoms with Crippen molar-refractivity contribution in [3.05, 3.63) is 54.4 Å². The lowest BCUT2D eigenvalue weighted by molar-refractivity contribution is 0.0672. The maximum absolute atomic E-state index is 12.6. The summed E-state index contributed by atoms with van der Waals surface area (Å²) in [4.78, 5) is 18.6. The van der Waals surface area contributed by atoms with Crippen LogP contribution < -0.4 is 14.8 Å². The summed E-state index contributed by atoms with van der Waals surface area (Å²) in [5.41, 5.74) is 0.832. The van der Waals surface area contributed by atoms with E-state index in [4.69, 9.17) is 9.47 Å². The van der Waals surface area contributed by atoms with Crippen molar-refractivity contribution in [1.82, 2.24) is 15.2 Å². The summed E-state index contributed by atoms with van der Waals surface area (Å²) in [6.45, 7) is 5.34. The Balaban J connectivity index is 1.58. The van der Waals surface area contributed by atoms with Crippen LogP contribution in [0.15, 0.2) is 48.7 Å². The van der Waals surface area contributed by atoms with Gasteiger partial charge in [0.1, 0.15) is 6.61 Å². The van der Waals surface area contributed by atoms with Gasteiger partial charge in [0.15, 0.2) is 17.6 Å². The number of likely N-dealkylation sites (N-methyl/N-ethyl adjacent to an activating group) is 1. The molecule has 0 unspecified atom stereocenters. The number of amides is 2. The number of ether oxygens (including phenoxy) is 2. The minimum atomic E-state index is -0.189. The fourth-order valence-corrected chi connectivity index (χ4v) is 2.74. The van der Waals surface area contributed by atoms with Crippen LogP contribution in [0.3, 0.4) is 0 Å². The van der Waals surface area contributed by atoms with E-state index in [0.717, 1.165) is 17.2 Å². The fourth-order valence-electron chi connectivity index (χ4n) is 2.74. The van der Waals surface area contributed by atoms with Crippen LogP contribution in [0, 0.1) is 0 Å². The molecule has 0 spiro atoms. The number of nitrogens with one attached hydrogen (secondary N) is 1. The van der Waals surface area contributed by atoms with Crippen LogP contribution in [-0.4, -0.2) is 41.7 Å². The highest BCUT2D eigenvalue weighted by Crippen LogP contribution is 2.31. The molecule has 0 radical (unpaired) electrons. The highest BCUT2D eigenvalue weighted by molar-refractivity contribution is 5.74. The average Bonchev–Trinajstić information content (AvgIpc) is 2.66. The Bertz CT molecular complexity index is 708. The molecule has 1 N–H and O–H groups in total. The monoisotopic (exact) mass is 341 g/mol. The van der Waals surface area contributed by atoms with Gasteiger partial charge in [0.25, 0.3) is 0 Å². The number of hydrogen-bond donors (Lipinski definition) is 1. The number of carbonyl (C=O) groups is 1. The van der Waals surface area contributed by atoms with Gasteiger partial charge in [0, 0.05) is 12.7 Å². The molecule has 2 atom stereocenters. The molecule has 6 heteroatoms. The van der Waals surface area contributed by atoms with Gasteiger partial charge in [0.2, 0.25) is 0 Å². The quantitative estimate of drug-likeness (QED) is 0.908. The molecule has 0 fully saturated rings. The van der Waals surface area contributed by atoms with Crippen LogP contribution in [0.2, 0.25) is 0 Å². The molecule has 6 nitrogen and oxygen atoms in total. The van der Waals surface area contributed by atoms with Crippen LogP contribution in [0.25, 0.3) is 0 Å². The second-order valence-electron chi connectivity index (χ2n) is 5.96. The third-order valence-electron chi connectivity index (χ3n) is 4.13. The van der Waals surface area contributed by atoms with Gasteiger partial charge in [-0.25, -0.2) is 4.79 Å². The van der Waals surface area contributed by atoms with E-state index in [1.807, 2.05) is 56.3 Å². The summed E-state index contributed by atoms with van der Waals surface area (Å²) in [6.07, 6.45) is 1.53. The molecule has 1 aromatic heterocycles. The van der Waals surface area contributed by atoms with Crippen LogP contribution in [-0.2, 0) is 0 Å². The first-order valence-corrected chi connectivity index (χ1v) is 8.52. The summed E-state index contributed by atoms with van der Waals surface area (Å²) >= 11 is 0. The van der Waals surface area contributed by atoms with Gasteiger partial charge in [-0.2, -0.15) is 0 Å². The summed E-state index contributed by atoms with van der Waals surface area (Å²) in [5.74, 6) is 1.46. The van der Waals surface area contributed by atoms with E-state index in [9.17, 15) is 4.79 Å². The van der Waals surface area contributed by atoms with Crippen molar-refractivity contribution in [1.29, 1.82) is 0 Å². The Morgan fingerprint density at radius 1 is 1.28 bits per heavy atom. The van der Waals surface area contributed by atoms with Gasteiger partial charge < -0.3 is 19.7 Å². The number of nitrogens with zero attached hydrogens (tertiary/aromatic N) is 2. The van der Waals surface area contributed by atoms with Gasteiger partial charge in [-0.1, -0.05) is 18.2 Å². The van der Waals surface area contributed by atoms with Crippen molar-refractivity contribution in [3.63, 3.8) is 0 Å². The van der Waals surface area contributed by atoms with E-state index in [0.29, 0.717) is 19.7 Å². The summed E-state index contributed by atoms with van der Waals surface area (Å²) in [6, 6.07) is 12.9. The number of urea groups is 1. The van der Waals surface area contributed by atoms with Crippen molar-refractivity contribution in [3.8, 4) is 11.5 Å². The third-order valence-corrected chi connectivity index (χ3v) is 4.13. The first-order valence-electron chi connectivity index (χ1n) is 8.52. The smallest absolute Gasteiger partial charge is 0.318 e. The number of rotatable bonds is 5. The number of para-hydroxylation sites is 2. The van der Waals surface area contributed by atoms with Crippen molar-refractivity contribution in [2.75, 3.05) is 19.7 Å². The molecule has 0 saturated carbocycles. The molecule has 132 valence electrons. The van der Waals surface area contributed by atoms with E-state index in [1.54, 1.807) is 11.1 Å². The van der Waals surface area contributed by atoms with E-state index in [-0.39, 0.29) is 18.2 Å². The molecule has 2 amide bonds. The van der Waals surface area contributed by atoms with E-state index < -0.39 is 0 Å². The number of pyridine rings is 1. The summed E-state index contributed by atoms with van der Waals surface area (Å²) in [5, 5.41) is 2.98. The predicted molar refractivity (Wildman–Crippen MR) is 94.8 cm³/mol. The van der Waals surface area contributed by atoms with Crippen LogP contribution >= 0.6 is 0 Å². The second kappa shape index (κ2) is 7.88.